The molecule has 14 heavy (non-hydrogen) atoms. The molecule has 0 aromatic heterocycles. The lowest BCUT2D eigenvalue weighted by molar-refractivity contribution is 0.114. The van der Waals surface area contributed by atoms with Crippen LogP contribution in [0, 0.1) is 17.1 Å². The monoisotopic (exact) mass is 193 g/mol. The zero-order chi connectivity index (χ0) is 10.6. The largest absolute Gasteiger partial charge is 0.487 e. The highest BCUT2D eigenvalue weighted by atomic mass is 19.1. The number of nitriles is 1. The molecule has 1 aromatic carbocycles. The summed E-state index contributed by atoms with van der Waals surface area (Å²) in [4.78, 5) is 0. The molecular weight excluding hydrogens is 181 g/mol. The van der Waals surface area contributed by atoms with Crippen molar-refractivity contribution in [3.05, 3.63) is 30.1 Å². The van der Waals surface area contributed by atoms with E-state index in [2.05, 4.69) is 0 Å². The number of benzene rings is 1. The lowest BCUT2D eigenvalue weighted by Crippen LogP contribution is -2.27. The molecule has 1 rings (SSSR count). The Morgan fingerprint density at radius 3 is 2.79 bits per heavy atom. The fourth-order valence-corrected chi connectivity index (χ4v) is 1.08. The van der Waals surface area contributed by atoms with E-state index in [1.807, 2.05) is 6.07 Å². The van der Waals surface area contributed by atoms with Gasteiger partial charge in [-0.25, -0.2) is 4.39 Å². The maximum absolute atomic E-state index is 12.8. The molecule has 3 heteroatoms. The lowest BCUT2D eigenvalue weighted by Gasteiger charge is -2.23. The zero-order valence-electron chi connectivity index (χ0n) is 8.25. The molecule has 1 aromatic rings. The van der Waals surface area contributed by atoms with Crippen molar-refractivity contribution in [3.8, 4) is 11.8 Å². The minimum atomic E-state index is -0.581. The van der Waals surface area contributed by atoms with Crippen LogP contribution in [0.3, 0.4) is 0 Å². The summed E-state index contributed by atoms with van der Waals surface area (Å²) in [6, 6.07) is 7.93. The minimum absolute atomic E-state index is 0.267. The van der Waals surface area contributed by atoms with Gasteiger partial charge in [-0.2, -0.15) is 5.26 Å². The quantitative estimate of drug-likeness (QED) is 0.739. The second-order valence-electron chi connectivity index (χ2n) is 3.65. The summed E-state index contributed by atoms with van der Waals surface area (Å²) in [6.07, 6.45) is 0.267. The summed E-state index contributed by atoms with van der Waals surface area (Å²) in [5, 5.41) is 8.53. The van der Waals surface area contributed by atoms with Crippen LogP contribution in [0.25, 0.3) is 0 Å². The van der Waals surface area contributed by atoms with Crippen LogP contribution in [0.15, 0.2) is 24.3 Å². The number of halogens is 1. The Morgan fingerprint density at radius 2 is 2.21 bits per heavy atom. The molecule has 0 saturated heterocycles. The third-order valence-electron chi connectivity index (χ3n) is 1.70. The molecule has 0 bridgehead atoms. The second kappa shape index (κ2) is 4.10. The van der Waals surface area contributed by atoms with Crippen LogP contribution in [0.1, 0.15) is 20.3 Å². The molecule has 0 N–H and O–H groups in total. The van der Waals surface area contributed by atoms with E-state index in [0.717, 1.165) is 0 Å². The molecule has 0 heterocycles. The van der Waals surface area contributed by atoms with Crippen molar-refractivity contribution < 1.29 is 9.13 Å². The van der Waals surface area contributed by atoms with Gasteiger partial charge in [0, 0.05) is 6.07 Å². The summed E-state index contributed by atoms with van der Waals surface area (Å²) in [5.74, 6) is 0.112. The second-order valence-corrected chi connectivity index (χ2v) is 3.65. The van der Waals surface area contributed by atoms with E-state index < -0.39 is 5.60 Å². The predicted octanol–water partition coefficient (Wildman–Crippen LogP) is 2.90. The molecule has 0 radical (unpaired) electrons. The van der Waals surface area contributed by atoms with Gasteiger partial charge in [0.2, 0.25) is 0 Å². The maximum atomic E-state index is 12.8. The van der Waals surface area contributed by atoms with Gasteiger partial charge in [0.1, 0.15) is 17.2 Å². The van der Waals surface area contributed by atoms with Gasteiger partial charge in [-0.1, -0.05) is 6.07 Å². The Hall–Kier alpha value is -1.56. The summed E-state index contributed by atoms with van der Waals surface area (Å²) in [5.41, 5.74) is -0.581. The van der Waals surface area contributed by atoms with Gasteiger partial charge in [0.25, 0.3) is 0 Å². The molecule has 0 aliphatic carbocycles. The summed E-state index contributed by atoms with van der Waals surface area (Å²) >= 11 is 0. The number of rotatable bonds is 3. The van der Waals surface area contributed by atoms with Gasteiger partial charge >= 0.3 is 0 Å². The normalized spacial score (nSPS) is 10.7. The predicted molar refractivity (Wildman–Crippen MR) is 51.3 cm³/mol. The fraction of sp³-hybridized carbons (Fsp3) is 0.364. The van der Waals surface area contributed by atoms with Gasteiger partial charge in [0.15, 0.2) is 0 Å². The standard InChI is InChI=1S/C11H12FNO/c1-11(2,6-7-13)14-10-5-3-4-9(12)8-10/h3-5,8H,6H2,1-2H3. The number of nitrogens with zero attached hydrogens (tertiary/aromatic N) is 1. The minimum Gasteiger partial charge on any atom is -0.487 e. The average Bonchev–Trinajstić information content (AvgIpc) is 2.02. The average molecular weight is 193 g/mol. The molecule has 2 nitrogen and oxygen atoms in total. The Balaban J connectivity index is 2.74. The summed E-state index contributed by atoms with van der Waals surface area (Å²) < 4.78 is 18.2. The topological polar surface area (TPSA) is 33.0 Å². The molecule has 0 spiro atoms. The van der Waals surface area contributed by atoms with E-state index in [1.54, 1.807) is 26.0 Å². The Morgan fingerprint density at radius 1 is 1.50 bits per heavy atom. The smallest absolute Gasteiger partial charge is 0.126 e. The van der Waals surface area contributed by atoms with E-state index in [4.69, 9.17) is 10.00 Å². The first-order valence-electron chi connectivity index (χ1n) is 4.35. The van der Waals surface area contributed by atoms with Crippen molar-refractivity contribution in [2.75, 3.05) is 0 Å². The number of ether oxygens (including phenoxy) is 1. The molecule has 0 amide bonds. The molecule has 0 fully saturated rings. The highest BCUT2D eigenvalue weighted by Gasteiger charge is 2.19. The highest BCUT2D eigenvalue weighted by Crippen LogP contribution is 2.21. The van der Waals surface area contributed by atoms with Crippen molar-refractivity contribution in [3.63, 3.8) is 0 Å². The first-order valence-corrected chi connectivity index (χ1v) is 4.35. The van der Waals surface area contributed by atoms with Crippen LogP contribution in [0.2, 0.25) is 0 Å². The van der Waals surface area contributed by atoms with Crippen molar-refractivity contribution in [1.82, 2.24) is 0 Å². The molecule has 0 atom stereocenters. The Bertz CT molecular complexity index is 355. The molecule has 74 valence electrons. The molecule has 0 unspecified atom stereocenters. The summed E-state index contributed by atoms with van der Waals surface area (Å²) in [6.45, 7) is 3.59. The van der Waals surface area contributed by atoms with Crippen molar-refractivity contribution in [2.45, 2.75) is 25.9 Å². The van der Waals surface area contributed by atoms with Crippen LogP contribution in [0.4, 0.5) is 4.39 Å². The summed E-state index contributed by atoms with van der Waals surface area (Å²) in [7, 11) is 0. The SMILES string of the molecule is CC(C)(CC#N)Oc1cccc(F)c1. The van der Waals surface area contributed by atoms with Gasteiger partial charge in [-0.3, -0.25) is 0 Å². The first kappa shape index (κ1) is 10.5. The van der Waals surface area contributed by atoms with Crippen molar-refractivity contribution in [2.24, 2.45) is 0 Å². The number of hydrogen-bond donors (Lipinski definition) is 0. The van der Waals surface area contributed by atoms with E-state index in [9.17, 15) is 4.39 Å². The van der Waals surface area contributed by atoms with Crippen LogP contribution < -0.4 is 4.74 Å². The highest BCUT2D eigenvalue weighted by molar-refractivity contribution is 5.23. The molecule has 0 aliphatic heterocycles. The van der Waals surface area contributed by atoms with Gasteiger partial charge < -0.3 is 4.74 Å². The molecule has 0 aliphatic rings. The van der Waals surface area contributed by atoms with Crippen LogP contribution in [-0.2, 0) is 0 Å². The molecule has 0 saturated carbocycles. The third-order valence-corrected chi connectivity index (χ3v) is 1.70. The van der Waals surface area contributed by atoms with Gasteiger partial charge in [-0.15, -0.1) is 0 Å². The molecular formula is C11H12FNO. The van der Waals surface area contributed by atoms with E-state index in [-0.39, 0.29) is 12.2 Å². The van der Waals surface area contributed by atoms with Crippen LogP contribution in [-0.4, -0.2) is 5.60 Å². The van der Waals surface area contributed by atoms with E-state index >= 15 is 0 Å². The fourth-order valence-electron chi connectivity index (χ4n) is 1.08. The Labute approximate surface area is 82.9 Å². The van der Waals surface area contributed by atoms with E-state index in [0.29, 0.717) is 5.75 Å². The number of hydrogen-bond acceptors (Lipinski definition) is 2. The third kappa shape index (κ3) is 3.06. The lowest BCUT2D eigenvalue weighted by atomic mass is 10.1. The Kier molecular flexibility index (Phi) is 3.08. The van der Waals surface area contributed by atoms with Crippen LogP contribution >= 0.6 is 0 Å². The maximum Gasteiger partial charge on any atom is 0.126 e. The zero-order valence-corrected chi connectivity index (χ0v) is 8.25. The van der Waals surface area contributed by atoms with Gasteiger partial charge in [0.05, 0.1) is 12.5 Å². The van der Waals surface area contributed by atoms with E-state index in [1.165, 1.54) is 12.1 Å². The van der Waals surface area contributed by atoms with Gasteiger partial charge in [-0.05, 0) is 26.0 Å². The first-order chi connectivity index (χ1) is 6.53. The van der Waals surface area contributed by atoms with Crippen LogP contribution in [0.5, 0.6) is 5.75 Å². The van der Waals surface area contributed by atoms with Crippen molar-refractivity contribution >= 4 is 0 Å². The van der Waals surface area contributed by atoms with Crippen molar-refractivity contribution in [1.29, 1.82) is 5.26 Å².